The van der Waals surface area contributed by atoms with E-state index in [1.165, 1.54) is 20.6 Å². The summed E-state index contributed by atoms with van der Waals surface area (Å²) in [5.74, 6) is -1.67. The first-order valence-electron chi connectivity index (χ1n) is 13.7. The molecular weight excluding hydrogens is 488 g/mol. The van der Waals surface area contributed by atoms with Gasteiger partial charge in [-0.25, -0.2) is 14.4 Å². The van der Waals surface area contributed by atoms with E-state index in [9.17, 15) is 19.5 Å². The number of carboxylic acid groups (broad SMARTS) is 1. The van der Waals surface area contributed by atoms with Gasteiger partial charge in [-0.15, -0.1) is 0 Å². The zero-order valence-electron chi connectivity index (χ0n) is 23.7. The fourth-order valence-corrected chi connectivity index (χ4v) is 6.49. The smallest absolute Gasteiger partial charge is 0.343 e. The molecule has 0 aromatic heterocycles. The molecule has 0 heterocycles. The Balaban J connectivity index is 2.02. The molecule has 3 rings (SSSR count). The highest BCUT2D eigenvalue weighted by Crippen LogP contribution is 2.66. The number of fused-ring (bicyclic) bond motifs is 2. The SMILES string of the molecule is CCCCCCC(C)(C)C1=CC(OCC(=O)OC)C([C@@]2(C)C3CC=C(C(=O)O)[C@H]2C3)C(OCC(=O)OC)=C1. The van der Waals surface area contributed by atoms with Gasteiger partial charge in [0.25, 0.3) is 0 Å². The highest BCUT2D eigenvalue weighted by Gasteiger charge is 2.62. The van der Waals surface area contributed by atoms with Gasteiger partial charge < -0.3 is 24.1 Å². The van der Waals surface area contributed by atoms with Gasteiger partial charge in [-0.1, -0.05) is 65.5 Å². The first-order chi connectivity index (χ1) is 18.0. The summed E-state index contributed by atoms with van der Waals surface area (Å²) in [6.07, 6.45) is 12.3. The van der Waals surface area contributed by atoms with Crippen LogP contribution >= 0.6 is 0 Å². The van der Waals surface area contributed by atoms with Gasteiger partial charge in [-0.3, -0.25) is 0 Å². The first-order valence-corrected chi connectivity index (χ1v) is 13.7. The van der Waals surface area contributed by atoms with Gasteiger partial charge in [-0.05, 0) is 53.6 Å². The number of ether oxygens (including phenoxy) is 4. The van der Waals surface area contributed by atoms with Gasteiger partial charge in [0.15, 0.2) is 6.61 Å². The number of rotatable bonds is 14. The van der Waals surface area contributed by atoms with Crippen LogP contribution in [0.15, 0.2) is 35.1 Å². The number of unbranched alkanes of at least 4 members (excludes halogenated alkanes) is 3. The van der Waals surface area contributed by atoms with Gasteiger partial charge >= 0.3 is 17.9 Å². The van der Waals surface area contributed by atoms with E-state index in [0.29, 0.717) is 17.8 Å². The van der Waals surface area contributed by atoms with Crippen molar-refractivity contribution in [3.63, 3.8) is 0 Å². The molecule has 212 valence electrons. The number of aliphatic carboxylic acids is 1. The lowest BCUT2D eigenvalue weighted by Gasteiger charge is -2.62. The van der Waals surface area contributed by atoms with Gasteiger partial charge in [0.1, 0.15) is 12.4 Å². The Kier molecular flexibility index (Phi) is 9.85. The third-order valence-corrected chi connectivity index (χ3v) is 8.98. The maximum Gasteiger partial charge on any atom is 0.343 e. The molecule has 0 radical (unpaired) electrons. The number of allylic oxidation sites excluding steroid dienone is 3. The normalized spacial score (nSPS) is 28.3. The van der Waals surface area contributed by atoms with Crippen LogP contribution in [-0.4, -0.2) is 56.6 Å². The van der Waals surface area contributed by atoms with Crippen LogP contribution in [0, 0.1) is 28.6 Å². The largest absolute Gasteiger partial charge is 0.486 e. The molecule has 38 heavy (non-hydrogen) atoms. The Bertz CT molecular complexity index is 990. The summed E-state index contributed by atoms with van der Waals surface area (Å²) in [6, 6.07) is 0. The van der Waals surface area contributed by atoms with E-state index in [4.69, 9.17) is 18.9 Å². The molecule has 0 aromatic rings. The van der Waals surface area contributed by atoms with E-state index in [0.717, 1.165) is 37.7 Å². The van der Waals surface area contributed by atoms with Crippen LogP contribution in [0.3, 0.4) is 0 Å². The van der Waals surface area contributed by atoms with Crippen LogP contribution < -0.4 is 0 Å². The molecule has 3 aliphatic carbocycles. The minimum absolute atomic E-state index is 0.185. The number of hydrogen-bond donors (Lipinski definition) is 1. The van der Waals surface area contributed by atoms with Crippen LogP contribution in [0.5, 0.6) is 0 Å². The Labute approximate surface area is 226 Å². The van der Waals surface area contributed by atoms with Crippen molar-refractivity contribution in [1.29, 1.82) is 0 Å². The summed E-state index contributed by atoms with van der Waals surface area (Å²) >= 11 is 0. The summed E-state index contributed by atoms with van der Waals surface area (Å²) < 4.78 is 22.0. The summed E-state index contributed by atoms with van der Waals surface area (Å²) in [7, 11) is 2.63. The van der Waals surface area contributed by atoms with Crippen molar-refractivity contribution in [1.82, 2.24) is 0 Å². The van der Waals surface area contributed by atoms with Gasteiger partial charge in [0, 0.05) is 5.57 Å². The first kappa shape index (κ1) is 29.9. The monoisotopic (exact) mass is 532 g/mol. The lowest BCUT2D eigenvalue weighted by molar-refractivity contribution is -0.159. The molecule has 0 aromatic carbocycles. The van der Waals surface area contributed by atoms with Gasteiger partial charge in [-0.2, -0.15) is 0 Å². The zero-order chi connectivity index (χ0) is 28.1. The van der Waals surface area contributed by atoms with Crippen LogP contribution in [0.1, 0.15) is 72.6 Å². The number of carbonyl (C=O) groups is 3. The van der Waals surface area contributed by atoms with Crippen LogP contribution in [-0.2, 0) is 33.3 Å². The molecule has 1 fully saturated rings. The number of hydrogen-bond acceptors (Lipinski definition) is 7. The van der Waals surface area contributed by atoms with E-state index in [1.807, 2.05) is 12.2 Å². The van der Waals surface area contributed by atoms with Crippen molar-refractivity contribution in [2.75, 3.05) is 27.4 Å². The van der Waals surface area contributed by atoms with E-state index in [2.05, 4.69) is 33.8 Å². The lowest BCUT2D eigenvalue weighted by atomic mass is 9.42. The van der Waals surface area contributed by atoms with Crippen molar-refractivity contribution < 1.29 is 38.4 Å². The number of esters is 2. The standard InChI is InChI=1S/C30H44O8/c1-7-8-9-10-13-29(2,3)20-15-23(37-17-25(31)35-5)27(24(16-20)38-18-26(32)36-6)30(4)19-11-12-21(28(33)34)22(30)14-19/h12,15-16,19,22-23,27H,7-11,13-14,17-18H2,1-6H3,(H,33,34)/t19?,22-,23?,27?,30+/m1/s1. The van der Waals surface area contributed by atoms with Crippen molar-refractivity contribution in [3.8, 4) is 0 Å². The highest BCUT2D eigenvalue weighted by molar-refractivity contribution is 5.88. The molecule has 3 unspecified atom stereocenters. The van der Waals surface area contributed by atoms with Crippen LogP contribution in [0.25, 0.3) is 0 Å². The van der Waals surface area contributed by atoms with Crippen LogP contribution in [0.4, 0.5) is 0 Å². The second-order valence-electron chi connectivity index (χ2n) is 11.6. The lowest BCUT2D eigenvalue weighted by Crippen LogP contribution is -2.59. The molecular formula is C30H44O8. The molecule has 0 amide bonds. The van der Waals surface area contributed by atoms with Crippen molar-refractivity contribution in [2.24, 2.45) is 28.6 Å². The van der Waals surface area contributed by atoms with Gasteiger partial charge in [0.05, 0.1) is 26.2 Å². The highest BCUT2D eigenvalue weighted by atomic mass is 16.6. The fourth-order valence-electron chi connectivity index (χ4n) is 6.49. The predicted octanol–water partition coefficient (Wildman–Crippen LogP) is 5.23. The fraction of sp³-hybridized carbons (Fsp3) is 0.700. The average molecular weight is 533 g/mol. The summed E-state index contributed by atoms with van der Waals surface area (Å²) in [5.41, 5.74) is 0.745. The maximum absolute atomic E-state index is 12.1. The molecule has 8 nitrogen and oxygen atoms in total. The van der Waals surface area contributed by atoms with Crippen molar-refractivity contribution in [2.45, 2.75) is 78.7 Å². The van der Waals surface area contributed by atoms with Crippen molar-refractivity contribution >= 4 is 17.9 Å². The zero-order valence-corrected chi connectivity index (χ0v) is 23.7. The minimum Gasteiger partial charge on any atom is -0.486 e. The Hall–Kier alpha value is -2.61. The summed E-state index contributed by atoms with van der Waals surface area (Å²) in [6.45, 7) is 8.14. The van der Waals surface area contributed by atoms with E-state index in [1.54, 1.807) is 0 Å². The topological polar surface area (TPSA) is 108 Å². The quantitative estimate of drug-likeness (QED) is 0.239. The third kappa shape index (κ3) is 6.16. The number of carboxylic acids is 1. The van der Waals surface area contributed by atoms with E-state index in [-0.39, 0.29) is 36.4 Å². The van der Waals surface area contributed by atoms with Crippen LogP contribution in [0.2, 0.25) is 0 Å². The molecule has 0 aliphatic heterocycles. The molecule has 0 saturated heterocycles. The summed E-state index contributed by atoms with van der Waals surface area (Å²) in [5, 5.41) is 9.90. The number of methoxy groups -OCH3 is 2. The van der Waals surface area contributed by atoms with E-state index >= 15 is 0 Å². The Morgan fingerprint density at radius 2 is 1.76 bits per heavy atom. The Morgan fingerprint density at radius 3 is 2.37 bits per heavy atom. The second kappa shape index (κ2) is 12.5. The predicted molar refractivity (Wildman–Crippen MR) is 142 cm³/mol. The van der Waals surface area contributed by atoms with Crippen molar-refractivity contribution in [3.05, 3.63) is 35.1 Å². The third-order valence-electron chi connectivity index (χ3n) is 8.98. The maximum atomic E-state index is 12.1. The summed E-state index contributed by atoms with van der Waals surface area (Å²) in [4.78, 5) is 36.2. The molecule has 8 heteroatoms. The molecule has 1 saturated carbocycles. The molecule has 5 atom stereocenters. The average Bonchev–Trinajstić information content (AvgIpc) is 2.91. The molecule has 3 aliphatic rings. The minimum atomic E-state index is -0.910. The number of carbonyl (C=O) groups excluding carboxylic acids is 2. The van der Waals surface area contributed by atoms with Gasteiger partial charge in [0.2, 0.25) is 0 Å². The second-order valence-corrected chi connectivity index (χ2v) is 11.6. The molecule has 1 N–H and O–H groups in total. The Morgan fingerprint density at radius 1 is 1.08 bits per heavy atom. The van der Waals surface area contributed by atoms with E-state index < -0.39 is 29.4 Å². The molecule has 0 spiro atoms. The molecule has 2 bridgehead atoms.